The van der Waals surface area contributed by atoms with Crippen molar-refractivity contribution in [3.63, 3.8) is 0 Å². The molecule has 0 aliphatic rings. The SMILES string of the molecule is COc1cccc(C[NH+](C)[C@@H](C)c2nnc(-c3ccc([N+](=O)[O-])cc3)o2)c1OC. The van der Waals surface area contributed by atoms with Crippen molar-refractivity contribution in [2.45, 2.75) is 19.5 Å². The summed E-state index contributed by atoms with van der Waals surface area (Å²) in [6, 6.07) is 11.7. The molecule has 0 radical (unpaired) electrons. The molecule has 0 saturated carbocycles. The number of non-ortho nitro benzene ring substituents is 1. The Kier molecular flexibility index (Phi) is 6.08. The van der Waals surface area contributed by atoms with Gasteiger partial charge in [-0.3, -0.25) is 10.1 Å². The topological polar surface area (TPSA) is 105 Å². The van der Waals surface area contributed by atoms with Crippen molar-refractivity contribution >= 4 is 5.69 Å². The first-order valence-electron chi connectivity index (χ1n) is 9.05. The zero-order valence-electron chi connectivity index (χ0n) is 16.7. The van der Waals surface area contributed by atoms with Crippen LogP contribution in [-0.2, 0) is 6.54 Å². The molecule has 152 valence electrons. The largest absolute Gasteiger partial charge is 0.493 e. The molecule has 0 fully saturated rings. The molecule has 0 aliphatic heterocycles. The van der Waals surface area contributed by atoms with Gasteiger partial charge < -0.3 is 18.8 Å². The summed E-state index contributed by atoms with van der Waals surface area (Å²) in [6.45, 7) is 2.66. The van der Waals surface area contributed by atoms with Crippen LogP contribution in [0.25, 0.3) is 11.5 Å². The first kappa shape index (κ1) is 20.3. The molecule has 29 heavy (non-hydrogen) atoms. The molecule has 3 aromatic rings. The van der Waals surface area contributed by atoms with Crippen LogP contribution in [0.4, 0.5) is 5.69 Å². The number of nitro benzene ring substituents is 1. The Balaban J connectivity index is 1.76. The molecule has 9 nitrogen and oxygen atoms in total. The number of nitrogens with one attached hydrogen (secondary N) is 1. The third-order valence-corrected chi connectivity index (χ3v) is 4.83. The minimum atomic E-state index is -0.448. The maximum Gasteiger partial charge on any atom is 0.274 e. The zero-order valence-corrected chi connectivity index (χ0v) is 16.7. The number of nitro groups is 1. The molecule has 9 heteroatoms. The second kappa shape index (κ2) is 8.70. The van der Waals surface area contributed by atoms with Gasteiger partial charge in [-0.15, -0.1) is 10.2 Å². The van der Waals surface area contributed by atoms with Gasteiger partial charge in [0.25, 0.3) is 11.6 Å². The minimum Gasteiger partial charge on any atom is -0.493 e. The number of para-hydroxylation sites is 1. The second-order valence-corrected chi connectivity index (χ2v) is 6.65. The average molecular weight is 399 g/mol. The van der Waals surface area contributed by atoms with Crippen molar-refractivity contribution < 1.29 is 23.7 Å². The van der Waals surface area contributed by atoms with E-state index in [4.69, 9.17) is 13.9 Å². The monoisotopic (exact) mass is 399 g/mol. The Hall–Kier alpha value is -3.46. The summed E-state index contributed by atoms with van der Waals surface area (Å²) in [5, 5.41) is 19.0. The van der Waals surface area contributed by atoms with Gasteiger partial charge in [0.15, 0.2) is 17.5 Å². The number of ether oxygens (including phenoxy) is 2. The van der Waals surface area contributed by atoms with Crippen LogP contribution in [0.5, 0.6) is 11.5 Å². The molecule has 0 spiro atoms. The fourth-order valence-electron chi connectivity index (χ4n) is 3.01. The summed E-state index contributed by atoms with van der Waals surface area (Å²) in [5.74, 6) is 2.20. The van der Waals surface area contributed by atoms with Crippen LogP contribution in [-0.4, -0.2) is 36.4 Å². The Morgan fingerprint density at radius 3 is 2.48 bits per heavy atom. The molecular formula is C20H23N4O5+. The molecule has 1 N–H and O–H groups in total. The lowest BCUT2D eigenvalue weighted by Gasteiger charge is -2.20. The van der Waals surface area contributed by atoms with Gasteiger partial charge in [-0.1, -0.05) is 6.07 Å². The molecule has 1 aromatic heterocycles. The van der Waals surface area contributed by atoms with Crippen molar-refractivity contribution in [3.8, 4) is 23.0 Å². The number of hydrogen-bond acceptors (Lipinski definition) is 7. The molecule has 1 unspecified atom stereocenters. The summed E-state index contributed by atoms with van der Waals surface area (Å²) in [4.78, 5) is 11.5. The maximum atomic E-state index is 10.8. The highest BCUT2D eigenvalue weighted by Crippen LogP contribution is 2.30. The van der Waals surface area contributed by atoms with Crippen molar-refractivity contribution in [2.75, 3.05) is 21.3 Å². The third kappa shape index (κ3) is 4.35. The van der Waals surface area contributed by atoms with Crippen molar-refractivity contribution in [1.29, 1.82) is 0 Å². The lowest BCUT2D eigenvalue weighted by Crippen LogP contribution is -3.07. The van der Waals surface area contributed by atoms with Gasteiger partial charge in [0.05, 0.1) is 31.8 Å². The average Bonchev–Trinajstić information content (AvgIpc) is 3.23. The minimum absolute atomic E-state index is 0.0123. The summed E-state index contributed by atoms with van der Waals surface area (Å²) < 4.78 is 16.7. The number of quaternary nitrogens is 1. The highest BCUT2D eigenvalue weighted by atomic mass is 16.6. The number of nitrogens with zero attached hydrogens (tertiary/aromatic N) is 3. The van der Waals surface area contributed by atoms with E-state index in [1.807, 2.05) is 32.2 Å². The van der Waals surface area contributed by atoms with Crippen molar-refractivity contribution in [2.24, 2.45) is 0 Å². The van der Waals surface area contributed by atoms with Gasteiger partial charge in [0.2, 0.25) is 5.89 Å². The normalized spacial score (nSPS) is 13.0. The van der Waals surface area contributed by atoms with Gasteiger partial charge in [0, 0.05) is 17.7 Å². The predicted octanol–water partition coefficient (Wildman–Crippen LogP) is 2.44. The van der Waals surface area contributed by atoms with Gasteiger partial charge in [-0.05, 0) is 31.2 Å². The molecule has 0 amide bonds. The Morgan fingerprint density at radius 2 is 1.86 bits per heavy atom. The quantitative estimate of drug-likeness (QED) is 0.458. The first-order chi connectivity index (χ1) is 13.9. The number of hydrogen-bond donors (Lipinski definition) is 1. The third-order valence-electron chi connectivity index (χ3n) is 4.83. The van der Waals surface area contributed by atoms with Crippen molar-refractivity contribution in [1.82, 2.24) is 10.2 Å². The summed E-state index contributed by atoms with van der Waals surface area (Å²) in [7, 11) is 5.26. The van der Waals surface area contributed by atoms with Gasteiger partial charge in [-0.25, -0.2) is 0 Å². The van der Waals surface area contributed by atoms with E-state index in [0.717, 1.165) is 10.5 Å². The Bertz CT molecular complexity index is 987. The van der Waals surface area contributed by atoms with Crippen molar-refractivity contribution in [3.05, 3.63) is 64.0 Å². The summed E-state index contributed by atoms with van der Waals surface area (Å²) in [6.07, 6.45) is 0. The summed E-state index contributed by atoms with van der Waals surface area (Å²) in [5.41, 5.74) is 1.65. The lowest BCUT2D eigenvalue weighted by molar-refractivity contribution is -0.925. The molecule has 1 heterocycles. The van der Waals surface area contributed by atoms with Gasteiger partial charge in [-0.2, -0.15) is 0 Å². The zero-order chi connectivity index (χ0) is 21.0. The van der Waals surface area contributed by atoms with E-state index >= 15 is 0 Å². The van der Waals surface area contributed by atoms with Gasteiger partial charge >= 0.3 is 0 Å². The van der Waals surface area contributed by atoms with Crippen LogP contribution in [0, 0.1) is 10.1 Å². The molecule has 0 saturated heterocycles. The predicted molar refractivity (Wildman–Crippen MR) is 105 cm³/mol. The van der Waals surface area contributed by atoms with E-state index in [9.17, 15) is 10.1 Å². The van der Waals surface area contributed by atoms with Crippen LogP contribution < -0.4 is 14.4 Å². The standard InChI is InChI=1S/C20H22N4O5/c1-13(23(2)12-15-6-5-7-17(27-3)18(15)28-4)19-21-22-20(29-19)14-8-10-16(11-9-14)24(25)26/h5-11,13H,12H2,1-4H3/p+1/t13-/m0/s1. The second-order valence-electron chi connectivity index (χ2n) is 6.65. The fourth-order valence-corrected chi connectivity index (χ4v) is 3.01. The fraction of sp³-hybridized carbons (Fsp3) is 0.300. The van der Waals surface area contributed by atoms with Crippen LogP contribution in [0.3, 0.4) is 0 Å². The van der Waals surface area contributed by atoms with Crippen LogP contribution in [0.1, 0.15) is 24.4 Å². The number of methoxy groups -OCH3 is 2. The number of aromatic nitrogens is 2. The van der Waals surface area contributed by atoms with Gasteiger partial charge in [0.1, 0.15) is 6.54 Å². The molecule has 2 aromatic carbocycles. The van der Waals surface area contributed by atoms with E-state index < -0.39 is 4.92 Å². The van der Waals surface area contributed by atoms with E-state index in [1.54, 1.807) is 26.4 Å². The van der Waals surface area contributed by atoms with Crippen LogP contribution in [0.2, 0.25) is 0 Å². The smallest absolute Gasteiger partial charge is 0.274 e. The van der Waals surface area contributed by atoms with E-state index in [1.165, 1.54) is 12.1 Å². The van der Waals surface area contributed by atoms with Crippen LogP contribution in [0.15, 0.2) is 46.9 Å². The number of rotatable bonds is 8. The molecule has 3 rings (SSSR count). The first-order valence-corrected chi connectivity index (χ1v) is 9.05. The van der Waals surface area contributed by atoms with E-state index in [0.29, 0.717) is 35.4 Å². The highest BCUT2D eigenvalue weighted by Gasteiger charge is 2.24. The maximum absolute atomic E-state index is 10.8. The van der Waals surface area contributed by atoms with E-state index in [2.05, 4.69) is 10.2 Å². The number of benzene rings is 2. The van der Waals surface area contributed by atoms with E-state index in [-0.39, 0.29) is 11.7 Å². The Labute approximate surface area is 168 Å². The molecule has 0 bridgehead atoms. The summed E-state index contributed by atoms with van der Waals surface area (Å²) >= 11 is 0. The molecule has 0 aliphatic carbocycles. The molecular weight excluding hydrogens is 376 g/mol. The lowest BCUT2D eigenvalue weighted by atomic mass is 10.1. The van der Waals surface area contributed by atoms with Crippen LogP contribution >= 0.6 is 0 Å². The molecule has 2 atom stereocenters. The highest BCUT2D eigenvalue weighted by molar-refractivity contribution is 5.55. The Morgan fingerprint density at radius 1 is 1.14 bits per heavy atom.